The van der Waals surface area contributed by atoms with Gasteiger partial charge in [-0.25, -0.2) is 8.42 Å². The van der Waals surface area contributed by atoms with Crippen molar-refractivity contribution in [2.45, 2.75) is 32.9 Å². The first-order chi connectivity index (χ1) is 12.4. The Morgan fingerprint density at radius 1 is 1.31 bits per heavy atom. The van der Waals surface area contributed by atoms with Gasteiger partial charge in [-0.05, 0) is 37.6 Å². The van der Waals surface area contributed by atoms with Crippen molar-refractivity contribution >= 4 is 15.7 Å². The minimum atomic E-state index is -2.99. The van der Waals surface area contributed by atoms with Crippen LogP contribution < -0.4 is 14.8 Å². The molecule has 26 heavy (non-hydrogen) atoms. The van der Waals surface area contributed by atoms with E-state index in [1.54, 1.807) is 7.11 Å². The molecule has 0 unspecified atom stereocenters. The van der Waals surface area contributed by atoms with Crippen LogP contribution in [0.25, 0.3) is 0 Å². The second kappa shape index (κ2) is 9.23. The normalized spacial score (nSPS) is 18.7. The highest BCUT2D eigenvalue weighted by molar-refractivity contribution is 7.91. The van der Waals surface area contributed by atoms with Gasteiger partial charge in [0.25, 0.3) is 0 Å². The van der Waals surface area contributed by atoms with Crippen LogP contribution >= 0.6 is 0 Å². The Kier molecular flexibility index (Phi) is 7.28. The fourth-order valence-corrected chi connectivity index (χ4v) is 4.68. The van der Waals surface area contributed by atoms with Crippen molar-refractivity contribution in [1.29, 1.82) is 0 Å². The lowest BCUT2D eigenvalue weighted by atomic mass is 10.2. The van der Waals surface area contributed by atoms with Gasteiger partial charge in [0.1, 0.15) is 0 Å². The quantitative estimate of drug-likeness (QED) is 0.689. The average molecular weight is 384 g/mol. The van der Waals surface area contributed by atoms with Crippen LogP contribution in [-0.2, 0) is 21.2 Å². The molecule has 1 heterocycles. The first-order valence-corrected chi connectivity index (χ1v) is 10.7. The van der Waals surface area contributed by atoms with Gasteiger partial charge in [-0.15, -0.1) is 0 Å². The number of rotatable bonds is 9. The van der Waals surface area contributed by atoms with Gasteiger partial charge in [-0.1, -0.05) is 13.0 Å². The SMILES string of the molecule is CCOc1ccc(CN(CC)CC(=O)N[C@H]2CCS(=O)(=O)C2)cc1OC. The molecule has 1 aromatic carbocycles. The van der Waals surface area contributed by atoms with Gasteiger partial charge in [0, 0.05) is 12.6 Å². The van der Waals surface area contributed by atoms with E-state index in [-0.39, 0.29) is 30.0 Å². The first kappa shape index (κ1) is 20.5. The zero-order valence-electron chi connectivity index (χ0n) is 15.7. The molecule has 0 spiro atoms. The lowest BCUT2D eigenvalue weighted by Gasteiger charge is -2.22. The third-order valence-electron chi connectivity index (χ3n) is 4.35. The van der Waals surface area contributed by atoms with Crippen LogP contribution in [0.3, 0.4) is 0 Å². The predicted octanol–water partition coefficient (Wildman–Crippen LogP) is 1.22. The fraction of sp³-hybridized carbons (Fsp3) is 0.611. The number of carbonyl (C=O) groups excluding carboxylic acids is 1. The van der Waals surface area contributed by atoms with E-state index in [1.165, 1.54) is 0 Å². The average Bonchev–Trinajstić information content (AvgIpc) is 2.94. The lowest BCUT2D eigenvalue weighted by Crippen LogP contribution is -2.42. The van der Waals surface area contributed by atoms with Gasteiger partial charge >= 0.3 is 0 Å². The van der Waals surface area contributed by atoms with Gasteiger partial charge in [-0.2, -0.15) is 0 Å². The van der Waals surface area contributed by atoms with Gasteiger partial charge < -0.3 is 14.8 Å². The summed E-state index contributed by atoms with van der Waals surface area (Å²) in [5.74, 6) is 1.41. The Hall–Kier alpha value is -1.80. The van der Waals surface area contributed by atoms with Crippen LogP contribution in [0.4, 0.5) is 0 Å². The Labute approximate surface area is 155 Å². The predicted molar refractivity (Wildman–Crippen MR) is 100 cm³/mol. The lowest BCUT2D eigenvalue weighted by molar-refractivity contribution is -0.122. The maximum absolute atomic E-state index is 12.2. The summed E-state index contributed by atoms with van der Waals surface area (Å²) in [4.78, 5) is 14.2. The van der Waals surface area contributed by atoms with Crippen molar-refractivity contribution in [3.05, 3.63) is 23.8 Å². The maximum Gasteiger partial charge on any atom is 0.234 e. The van der Waals surface area contributed by atoms with E-state index in [4.69, 9.17) is 9.47 Å². The number of nitrogens with zero attached hydrogens (tertiary/aromatic N) is 1. The molecule has 1 aliphatic rings. The molecular weight excluding hydrogens is 356 g/mol. The topological polar surface area (TPSA) is 84.9 Å². The minimum absolute atomic E-state index is 0.0426. The molecule has 1 aromatic rings. The number of methoxy groups -OCH3 is 1. The molecule has 0 saturated carbocycles. The molecule has 7 nitrogen and oxygen atoms in total. The Balaban J connectivity index is 1.93. The second-order valence-corrected chi connectivity index (χ2v) is 8.62. The zero-order valence-corrected chi connectivity index (χ0v) is 16.5. The van der Waals surface area contributed by atoms with Crippen molar-refractivity contribution in [3.63, 3.8) is 0 Å². The summed E-state index contributed by atoms with van der Waals surface area (Å²) in [6.07, 6.45) is 0.496. The Morgan fingerprint density at radius 3 is 2.65 bits per heavy atom. The summed E-state index contributed by atoms with van der Waals surface area (Å²) in [7, 11) is -1.39. The first-order valence-electron chi connectivity index (χ1n) is 8.88. The molecule has 0 aromatic heterocycles. The van der Waals surface area contributed by atoms with E-state index in [9.17, 15) is 13.2 Å². The molecule has 1 N–H and O–H groups in total. The summed E-state index contributed by atoms with van der Waals surface area (Å²) in [6, 6.07) is 5.47. The van der Waals surface area contributed by atoms with Crippen LogP contribution in [-0.4, -0.2) is 63.6 Å². The molecule has 1 amide bonds. The van der Waals surface area contributed by atoms with Crippen molar-refractivity contribution in [1.82, 2.24) is 10.2 Å². The van der Waals surface area contributed by atoms with Crippen molar-refractivity contribution in [3.8, 4) is 11.5 Å². The monoisotopic (exact) mass is 384 g/mol. The van der Waals surface area contributed by atoms with Gasteiger partial charge in [-0.3, -0.25) is 9.69 Å². The standard InChI is InChI=1S/C18H28N2O5S/c1-4-20(12-18(21)19-15-8-9-26(22,23)13-15)11-14-6-7-16(25-5-2)17(10-14)24-3/h6-7,10,15H,4-5,8-9,11-13H2,1-3H3,(H,19,21)/t15-/m0/s1. The molecule has 2 rings (SSSR count). The molecular formula is C18H28N2O5S. The number of nitrogens with one attached hydrogen (secondary N) is 1. The van der Waals surface area contributed by atoms with Crippen LogP contribution in [0, 0.1) is 0 Å². The summed E-state index contributed by atoms with van der Waals surface area (Å²) in [5, 5.41) is 2.83. The van der Waals surface area contributed by atoms with Gasteiger partial charge in [0.2, 0.25) is 5.91 Å². The van der Waals surface area contributed by atoms with Crippen LogP contribution in [0.15, 0.2) is 18.2 Å². The number of likely N-dealkylation sites (N-methyl/N-ethyl adjacent to an activating group) is 1. The van der Waals surface area contributed by atoms with E-state index < -0.39 is 9.84 Å². The number of benzene rings is 1. The molecule has 8 heteroatoms. The number of hydrogen-bond acceptors (Lipinski definition) is 6. The third-order valence-corrected chi connectivity index (χ3v) is 6.11. The van der Waals surface area contributed by atoms with E-state index in [0.29, 0.717) is 37.6 Å². The number of ether oxygens (including phenoxy) is 2. The Bertz CT molecular complexity index is 720. The van der Waals surface area contributed by atoms with E-state index in [2.05, 4.69) is 5.32 Å². The Morgan fingerprint density at radius 2 is 2.08 bits per heavy atom. The summed E-state index contributed by atoms with van der Waals surface area (Å²) in [5.41, 5.74) is 1.02. The van der Waals surface area contributed by atoms with Crippen molar-refractivity contribution in [2.75, 3.05) is 38.3 Å². The van der Waals surface area contributed by atoms with Crippen molar-refractivity contribution < 1.29 is 22.7 Å². The molecule has 0 radical (unpaired) electrons. The van der Waals surface area contributed by atoms with Crippen LogP contribution in [0.1, 0.15) is 25.8 Å². The number of hydrogen-bond donors (Lipinski definition) is 1. The van der Waals surface area contributed by atoms with Crippen LogP contribution in [0.2, 0.25) is 0 Å². The summed E-state index contributed by atoms with van der Waals surface area (Å²) in [6.45, 7) is 5.98. The molecule has 0 aliphatic carbocycles. The second-order valence-electron chi connectivity index (χ2n) is 6.39. The fourth-order valence-electron chi connectivity index (χ4n) is 3.01. The van der Waals surface area contributed by atoms with E-state index in [1.807, 2.05) is 36.9 Å². The van der Waals surface area contributed by atoms with E-state index >= 15 is 0 Å². The highest BCUT2D eigenvalue weighted by atomic mass is 32.2. The number of amides is 1. The number of carbonyl (C=O) groups is 1. The highest BCUT2D eigenvalue weighted by Crippen LogP contribution is 2.28. The maximum atomic E-state index is 12.2. The molecule has 1 fully saturated rings. The molecule has 0 bridgehead atoms. The third kappa shape index (κ3) is 5.88. The largest absolute Gasteiger partial charge is 0.493 e. The van der Waals surface area contributed by atoms with Crippen molar-refractivity contribution in [2.24, 2.45) is 0 Å². The zero-order chi connectivity index (χ0) is 19.2. The highest BCUT2D eigenvalue weighted by Gasteiger charge is 2.29. The van der Waals surface area contributed by atoms with E-state index in [0.717, 1.165) is 5.56 Å². The molecule has 1 saturated heterocycles. The molecule has 1 atom stereocenters. The smallest absolute Gasteiger partial charge is 0.234 e. The minimum Gasteiger partial charge on any atom is -0.493 e. The van der Waals surface area contributed by atoms with Gasteiger partial charge in [0.05, 0.1) is 31.8 Å². The molecule has 1 aliphatic heterocycles. The summed E-state index contributed by atoms with van der Waals surface area (Å²) < 4.78 is 33.9. The number of sulfone groups is 1. The van der Waals surface area contributed by atoms with Crippen LogP contribution in [0.5, 0.6) is 11.5 Å². The molecule has 146 valence electrons. The summed E-state index contributed by atoms with van der Waals surface area (Å²) >= 11 is 0. The van der Waals surface area contributed by atoms with Gasteiger partial charge in [0.15, 0.2) is 21.3 Å².